The first-order valence-corrected chi connectivity index (χ1v) is 10.5. The number of carbonyl (C=O) groups excluding carboxylic acids is 2. The highest BCUT2D eigenvalue weighted by Crippen LogP contribution is 2.29. The fourth-order valence-electron chi connectivity index (χ4n) is 3.56. The van der Waals surface area contributed by atoms with E-state index in [1.807, 2.05) is 38.1 Å². The van der Waals surface area contributed by atoms with Gasteiger partial charge in [0.25, 0.3) is 0 Å². The topological polar surface area (TPSA) is 52.6 Å². The summed E-state index contributed by atoms with van der Waals surface area (Å²) >= 11 is 0. The van der Waals surface area contributed by atoms with Crippen LogP contribution in [0.3, 0.4) is 0 Å². The second kappa shape index (κ2) is 10.8. The normalized spacial score (nSPS) is 13.0. The van der Waals surface area contributed by atoms with Gasteiger partial charge in [0.05, 0.1) is 0 Å². The second-order valence-corrected chi connectivity index (χ2v) is 8.57. The third-order valence-electron chi connectivity index (χ3n) is 5.18. The van der Waals surface area contributed by atoms with Gasteiger partial charge in [0.1, 0.15) is 12.2 Å². The minimum atomic E-state index is -0.419. The van der Waals surface area contributed by atoms with E-state index in [-0.39, 0.29) is 17.6 Å². The summed E-state index contributed by atoms with van der Waals surface area (Å²) in [7, 11) is 0. The van der Waals surface area contributed by atoms with Crippen molar-refractivity contribution >= 4 is 11.9 Å². The lowest BCUT2D eigenvalue weighted by Crippen LogP contribution is -2.18. The molecular weight excluding hydrogens is 388 g/mol. The van der Waals surface area contributed by atoms with Gasteiger partial charge >= 0.3 is 11.9 Å². The molecule has 0 bridgehead atoms. The van der Waals surface area contributed by atoms with E-state index < -0.39 is 11.9 Å². The van der Waals surface area contributed by atoms with Crippen molar-refractivity contribution in [3.8, 4) is 0 Å². The van der Waals surface area contributed by atoms with Gasteiger partial charge in [-0.25, -0.2) is 9.59 Å². The molecule has 4 heteroatoms. The van der Waals surface area contributed by atoms with E-state index in [9.17, 15) is 9.59 Å². The van der Waals surface area contributed by atoms with Crippen LogP contribution >= 0.6 is 0 Å². The summed E-state index contributed by atoms with van der Waals surface area (Å²) in [5.41, 5.74) is 4.44. The third-order valence-corrected chi connectivity index (χ3v) is 5.18. The molecule has 2 rings (SSSR count). The number of carbonyl (C=O) groups is 2. The zero-order valence-electron chi connectivity index (χ0n) is 18.9. The molecule has 0 aliphatic rings. The maximum Gasteiger partial charge on any atom is 0.330 e. The molecule has 0 aromatic heterocycles. The molecule has 2 aromatic carbocycles. The number of rotatable bonds is 10. The fraction of sp³-hybridized carbons (Fsp3) is 0.333. The fourth-order valence-corrected chi connectivity index (χ4v) is 3.56. The van der Waals surface area contributed by atoms with Crippen LogP contribution in [0.15, 0.2) is 73.8 Å². The molecule has 2 aromatic rings. The number of benzene rings is 2. The molecule has 0 saturated carbocycles. The lowest BCUT2D eigenvalue weighted by atomic mass is 9.80. The van der Waals surface area contributed by atoms with Crippen LogP contribution in [-0.4, -0.2) is 11.9 Å². The summed E-state index contributed by atoms with van der Waals surface area (Å²) in [6, 6.07) is 16.4. The van der Waals surface area contributed by atoms with Gasteiger partial charge in [-0.05, 0) is 54.4 Å². The molecule has 0 radical (unpaired) electrons. The Balaban J connectivity index is 1.98. The van der Waals surface area contributed by atoms with Gasteiger partial charge in [0, 0.05) is 12.2 Å². The van der Waals surface area contributed by atoms with E-state index in [0.717, 1.165) is 24.0 Å². The first kappa shape index (κ1) is 24.1. The Morgan fingerprint density at radius 2 is 1.10 bits per heavy atom. The van der Waals surface area contributed by atoms with E-state index in [2.05, 4.69) is 51.3 Å². The maximum atomic E-state index is 11.4. The van der Waals surface area contributed by atoms with Crippen LogP contribution in [-0.2, 0) is 31.9 Å². The third kappa shape index (κ3) is 7.56. The van der Waals surface area contributed by atoms with E-state index in [1.165, 1.54) is 23.3 Å². The van der Waals surface area contributed by atoms with Gasteiger partial charge in [0.2, 0.25) is 0 Å². The van der Waals surface area contributed by atoms with Crippen LogP contribution in [0.4, 0.5) is 0 Å². The smallest absolute Gasteiger partial charge is 0.330 e. The summed E-state index contributed by atoms with van der Waals surface area (Å²) in [5, 5.41) is 0. The molecule has 0 heterocycles. The van der Waals surface area contributed by atoms with Crippen LogP contribution in [0.1, 0.15) is 62.2 Å². The van der Waals surface area contributed by atoms with Crippen molar-refractivity contribution in [1.82, 2.24) is 0 Å². The molecule has 0 aliphatic carbocycles. The molecule has 0 fully saturated rings. The first-order chi connectivity index (χ1) is 14.6. The SMILES string of the molecule is C=CC(=O)OC(C)c1ccc(CC(C)(C)Cc2ccc(C(C)OC(=O)C=C)cc2)cc1. The van der Waals surface area contributed by atoms with Crippen LogP contribution in [0.2, 0.25) is 0 Å². The average Bonchev–Trinajstić information content (AvgIpc) is 2.73. The van der Waals surface area contributed by atoms with Gasteiger partial charge in [-0.2, -0.15) is 0 Å². The largest absolute Gasteiger partial charge is 0.455 e. The van der Waals surface area contributed by atoms with E-state index in [4.69, 9.17) is 9.47 Å². The molecule has 2 unspecified atom stereocenters. The minimum Gasteiger partial charge on any atom is -0.455 e. The highest BCUT2D eigenvalue weighted by atomic mass is 16.5. The van der Waals surface area contributed by atoms with Crippen LogP contribution in [0.25, 0.3) is 0 Å². The summed E-state index contributed by atoms with van der Waals surface area (Å²) in [6.45, 7) is 15.0. The lowest BCUT2D eigenvalue weighted by molar-refractivity contribution is -0.143. The predicted molar refractivity (Wildman–Crippen MR) is 123 cm³/mol. The molecule has 0 spiro atoms. The molecule has 2 atom stereocenters. The molecule has 0 aliphatic heterocycles. The van der Waals surface area contributed by atoms with Gasteiger partial charge in [-0.1, -0.05) is 75.5 Å². The Morgan fingerprint density at radius 1 is 0.774 bits per heavy atom. The summed E-state index contributed by atoms with van der Waals surface area (Å²) in [5.74, 6) is -0.839. The Bertz CT molecular complexity index is 832. The molecule has 0 N–H and O–H groups in total. The molecule has 31 heavy (non-hydrogen) atoms. The zero-order chi connectivity index (χ0) is 23.0. The van der Waals surface area contributed by atoms with Crippen LogP contribution < -0.4 is 0 Å². The van der Waals surface area contributed by atoms with Crippen molar-refractivity contribution in [3.63, 3.8) is 0 Å². The maximum absolute atomic E-state index is 11.4. The van der Waals surface area contributed by atoms with Crippen molar-refractivity contribution in [2.75, 3.05) is 0 Å². The quantitative estimate of drug-likeness (QED) is 0.345. The minimum absolute atomic E-state index is 0.0604. The van der Waals surface area contributed by atoms with E-state index in [0.29, 0.717) is 0 Å². The molecule has 164 valence electrons. The summed E-state index contributed by atoms with van der Waals surface area (Å²) in [4.78, 5) is 22.8. The lowest BCUT2D eigenvalue weighted by Gasteiger charge is -2.25. The Labute approximate surface area is 185 Å². The van der Waals surface area contributed by atoms with Crippen LogP contribution in [0, 0.1) is 5.41 Å². The highest BCUT2D eigenvalue weighted by molar-refractivity contribution is 5.81. The zero-order valence-corrected chi connectivity index (χ0v) is 18.9. The highest BCUT2D eigenvalue weighted by Gasteiger charge is 2.20. The van der Waals surface area contributed by atoms with Gasteiger partial charge in [-0.3, -0.25) is 0 Å². The number of hydrogen-bond donors (Lipinski definition) is 0. The van der Waals surface area contributed by atoms with Crippen molar-refractivity contribution in [2.24, 2.45) is 5.41 Å². The second-order valence-electron chi connectivity index (χ2n) is 8.57. The number of hydrogen-bond acceptors (Lipinski definition) is 4. The molecule has 0 saturated heterocycles. The monoisotopic (exact) mass is 420 g/mol. The Kier molecular flexibility index (Phi) is 8.38. The summed E-state index contributed by atoms with van der Waals surface area (Å²) < 4.78 is 10.5. The van der Waals surface area contributed by atoms with Crippen molar-refractivity contribution in [2.45, 2.75) is 52.7 Å². The standard InChI is InChI=1S/C27H32O4/c1-7-25(28)30-19(3)23-13-9-21(10-14-23)17-27(5,6)18-22-11-15-24(16-12-22)20(4)31-26(29)8-2/h7-16,19-20H,1-2,17-18H2,3-6H3. The molecule has 0 amide bonds. The predicted octanol–water partition coefficient (Wildman–Crippen LogP) is 6.08. The average molecular weight is 421 g/mol. The number of ether oxygens (including phenoxy) is 2. The van der Waals surface area contributed by atoms with Gasteiger partial charge < -0.3 is 9.47 Å². The van der Waals surface area contributed by atoms with Gasteiger partial charge in [-0.15, -0.1) is 0 Å². The van der Waals surface area contributed by atoms with E-state index in [1.54, 1.807) is 0 Å². The first-order valence-electron chi connectivity index (χ1n) is 10.5. The Morgan fingerprint density at radius 3 is 1.39 bits per heavy atom. The van der Waals surface area contributed by atoms with Crippen molar-refractivity contribution < 1.29 is 19.1 Å². The van der Waals surface area contributed by atoms with Crippen molar-refractivity contribution in [1.29, 1.82) is 0 Å². The van der Waals surface area contributed by atoms with E-state index >= 15 is 0 Å². The molecule has 4 nitrogen and oxygen atoms in total. The number of esters is 2. The molecular formula is C27H32O4. The summed E-state index contributed by atoms with van der Waals surface area (Å²) in [6.07, 6.45) is 3.58. The van der Waals surface area contributed by atoms with Crippen LogP contribution in [0.5, 0.6) is 0 Å². The van der Waals surface area contributed by atoms with Crippen molar-refractivity contribution in [3.05, 3.63) is 96.1 Å². The van der Waals surface area contributed by atoms with Gasteiger partial charge in [0.15, 0.2) is 0 Å². The Hall–Kier alpha value is -3.14.